The number of hydrogen-bond acceptors (Lipinski definition) is 5. The lowest BCUT2D eigenvalue weighted by Crippen LogP contribution is -2.19. The summed E-state index contributed by atoms with van der Waals surface area (Å²) in [6.07, 6.45) is 1.17. The summed E-state index contributed by atoms with van der Waals surface area (Å²) < 4.78 is 22.8. The molecule has 20 heavy (non-hydrogen) atoms. The van der Waals surface area contributed by atoms with Crippen LogP contribution in [-0.4, -0.2) is 33.0 Å². The van der Waals surface area contributed by atoms with Gasteiger partial charge < -0.3 is 19.7 Å². The molecule has 0 aliphatic carbocycles. The Morgan fingerprint density at radius 3 is 2.45 bits per heavy atom. The first-order chi connectivity index (χ1) is 9.50. The number of benzene rings is 1. The third kappa shape index (κ3) is 5.53. The van der Waals surface area contributed by atoms with Crippen molar-refractivity contribution < 1.29 is 13.6 Å². The highest BCUT2D eigenvalue weighted by Gasteiger charge is 2.22. The van der Waals surface area contributed by atoms with Crippen LogP contribution in [0.1, 0.15) is 20.3 Å². The van der Waals surface area contributed by atoms with Crippen molar-refractivity contribution in [3.63, 3.8) is 0 Å². The van der Waals surface area contributed by atoms with Crippen molar-refractivity contribution in [1.82, 2.24) is 0 Å². The second-order valence-corrected chi connectivity index (χ2v) is 6.73. The maximum absolute atomic E-state index is 12.3. The van der Waals surface area contributed by atoms with E-state index in [1.54, 1.807) is 0 Å². The van der Waals surface area contributed by atoms with Crippen molar-refractivity contribution in [3.05, 3.63) is 24.3 Å². The van der Waals surface area contributed by atoms with Gasteiger partial charge in [0.2, 0.25) is 0 Å². The second-order valence-electron chi connectivity index (χ2n) is 4.54. The summed E-state index contributed by atoms with van der Waals surface area (Å²) in [6.45, 7) is 5.23. The molecule has 114 valence electrons. The zero-order chi connectivity index (χ0) is 15.0. The minimum atomic E-state index is -2.93. The summed E-state index contributed by atoms with van der Waals surface area (Å²) in [5.74, 6) is 0. The molecule has 0 unspecified atom stereocenters. The zero-order valence-corrected chi connectivity index (χ0v) is 13.4. The molecular formula is C14H25N2O3P. The zero-order valence-electron chi connectivity index (χ0n) is 12.5. The van der Waals surface area contributed by atoms with E-state index in [4.69, 9.17) is 14.8 Å². The van der Waals surface area contributed by atoms with Gasteiger partial charge in [0.25, 0.3) is 0 Å². The molecule has 0 aromatic heterocycles. The van der Waals surface area contributed by atoms with Gasteiger partial charge in [-0.2, -0.15) is 0 Å². The van der Waals surface area contributed by atoms with Crippen LogP contribution in [0.25, 0.3) is 0 Å². The number of anilines is 2. The van der Waals surface area contributed by atoms with Crippen LogP contribution in [-0.2, 0) is 13.6 Å². The van der Waals surface area contributed by atoms with Crippen molar-refractivity contribution in [3.8, 4) is 0 Å². The molecular weight excluding hydrogens is 275 g/mol. The molecule has 1 aromatic carbocycles. The highest BCUT2D eigenvalue weighted by Crippen LogP contribution is 2.48. The fraction of sp³-hybridized carbons (Fsp3) is 0.571. The lowest BCUT2D eigenvalue weighted by atomic mass is 10.2. The molecule has 6 heteroatoms. The molecule has 0 aliphatic rings. The number of nitrogens with zero attached hydrogens (tertiary/aromatic N) is 1. The summed E-state index contributed by atoms with van der Waals surface area (Å²) >= 11 is 0. The van der Waals surface area contributed by atoms with Crippen LogP contribution in [0.4, 0.5) is 11.4 Å². The molecule has 1 rings (SSSR count). The minimum absolute atomic E-state index is 0.405. The fourth-order valence-electron chi connectivity index (χ4n) is 1.95. The monoisotopic (exact) mass is 300 g/mol. The summed E-state index contributed by atoms with van der Waals surface area (Å²) in [5.41, 5.74) is 7.55. The van der Waals surface area contributed by atoms with E-state index < -0.39 is 7.60 Å². The fourth-order valence-corrected chi connectivity index (χ4v) is 3.60. The maximum Gasteiger partial charge on any atom is 0.330 e. The van der Waals surface area contributed by atoms with Crippen LogP contribution in [0.3, 0.4) is 0 Å². The summed E-state index contributed by atoms with van der Waals surface area (Å²) in [4.78, 5) is 2.08. The third-order valence-corrected chi connectivity index (χ3v) is 5.06. The van der Waals surface area contributed by atoms with Crippen molar-refractivity contribution >= 4 is 19.0 Å². The van der Waals surface area contributed by atoms with E-state index in [2.05, 4.69) is 4.90 Å². The molecule has 5 nitrogen and oxygen atoms in total. The Hall–Kier alpha value is -1.03. The van der Waals surface area contributed by atoms with Gasteiger partial charge in [0, 0.05) is 25.0 Å². The van der Waals surface area contributed by atoms with Gasteiger partial charge >= 0.3 is 7.60 Å². The van der Waals surface area contributed by atoms with Crippen LogP contribution >= 0.6 is 7.60 Å². The summed E-state index contributed by atoms with van der Waals surface area (Å²) in [7, 11) is -0.941. The molecule has 0 amide bonds. The molecule has 2 N–H and O–H groups in total. The predicted octanol–water partition coefficient (Wildman–Crippen LogP) is 3.36. The molecule has 0 radical (unpaired) electrons. The van der Waals surface area contributed by atoms with Gasteiger partial charge in [-0.25, -0.2) is 0 Å². The molecule has 0 bridgehead atoms. The minimum Gasteiger partial charge on any atom is -0.399 e. The lowest BCUT2D eigenvalue weighted by molar-refractivity contribution is 0.220. The molecule has 0 atom stereocenters. The van der Waals surface area contributed by atoms with E-state index in [9.17, 15) is 4.57 Å². The first-order valence-corrected chi connectivity index (χ1v) is 8.68. The quantitative estimate of drug-likeness (QED) is 0.559. The Labute approximate surface area is 121 Å². The molecule has 0 aliphatic heterocycles. The Balaban J connectivity index is 2.48. The molecule has 0 heterocycles. The van der Waals surface area contributed by atoms with Crippen LogP contribution in [0.5, 0.6) is 0 Å². The highest BCUT2D eigenvalue weighted by atomic mass is 31.2. The summed E-state index contributed by atoms with van der Waals surface area (Å²) in [5, 5.41) is 0. The van der Waals surface area contributed by atoms with Crippen molar-refractivity contribution in [1.29, 1.82) is 0 Å². The van der Waals surface area contributed by atoms with E-state index in [-0.39, 0.29) is 0 Å². The van der Waals surface area contributed by atoms with Gasteiger partial charge in [0.05, 0.1) is 19.4 Å². The van der Waals surface area contributed by atoms with E-state index in [0.717, 1.165) is 24.3 Å². The van der Waals surface area contributed by atoms with Gasteiger partial charge in [-0.15, -0.1) is 0 Å². The number of hydrogen-bond donors (Lipinski definition) is 1. The molecule has 0 saturated carbocycles. The first-order valence-electron chi connectivity index (χ1n) is 6.95. The summed E-state index contributed by atoms with van der Waals surface area (Å²) in [6, 6.07) is 7.70. The van der Waals surface area contributed by atoms with E-state index >= 15 is 0 Å². The standard InChI is InChI=1S/C14H25N2O3P/c1-4-18-20(17,19-5-2)11-7-10-16(3)14-9-6-8-13(15)12-14/h6,8-9,12H,4-5,7,10-11,15H2,1-3H3. The van der Waals surface area contributed by atoms with Crippen molar-refractivity contribution in [2.45, 2.75) is 20.3 Å². The van der Waals surface area contributed by atoms with Crippen molar-refractivity contribution in [2.24, 2.45) is 0 Å². The second kappa shape index (κ2) is 8.30. The van der Waals surface area contributed by atoms with Crippen molar-refractivity contribution in [2.75, 3.05) is 43.6 Å². The Kier molecular flexibility index (Phi) is 7.06. The molecule has 0 fully saturated rings. The largest absolute Gasteiger partial charge is 0.399 e. The maximum atomic E-state index is 12.3. The van der Waals surface area contributed by atoms with Gasteiger partial charge in [-0.1, -0.05) is 6.07 Å². The van der Waals surface area contributed by atoms with Gasteiger partial charge in [-0.3, -0.25) is 4.57 Å². The first kappa shape index (κ1) is 17.0. The molecule has 0 saturated heterocycles. The van der Waals surface area contributed by atoms with E-state index in [1.807, 2.05) is 45.2 Å². The third-order valence-electron chi connectivity index (χ3n) is 2.89. The SMILES string of the molecule is CCOP(=O)(CCCN(C)c1cccc(N)c1)OCC. The van der Waals surface area contributed by atoms with Crippen LogP contribution < -0.4 is 10.6 Å². The van der Waals surface area contributed by atoms with Gasteiger partial charge in [0.15, 0.2) is 0 Å². The molecule has 1 aromatic rings. The van der Waals surface area contributed by atoms with Gasteiger partial charge in [0.1, 0.15) is 0 Å². The molecule has 0 spiro atoms. The van der Waals surface area contributed by atoms with Crippen LogP contribution in [0, 0.1) is 0 Å². The van der Waals surface area contributed by atoms with E-state index in [0.29, 0.717) is 19.4 Å². The van der Waals surface area contributed by atoms with Crippen LogP contribution in [0.2, 0.25) is 0 Å². The number of rotatable bonds is 9. The number of nitrogens with two attached hydrogens (primary N) is 1. The lowest BCUT2D eigenvalue weighted by Gasteiger charge is -2.21. The topological polar surface area (TPSA) is 64.8 Å². The highest BCUT2D eigenvalue weighted by molar-refractivity contribution is 7.53. The van der Waals surface area contributed by atoms with Crippen LogP contribution in [0.15, 0.2) is 24.3 Å². The number of nitrogen functional groups attached to an aromatic ring is 1. The smallest absolute Gasteiger partial charge is 0.330 e. The van der Waals surface area contributed by atoms with E-state index in [1.165, 1.54) is 0 Å². The average molecular weight is 300 g/mol. The van der Waals surface area contributed by atoms with Gasteiger partial charge in [-0.05, 0) is 38.5 Å². The predicted molar refractivity (Wildman–Crippen MR) is 84.5 cm³/mol. The average Bonchev–Trinajstić information content (AvgIpc) is 2.39. The Bertz CT molecular complexity index is 444. The normalized spacial score (nSPS) is 11.6. The Morgan fingerprint density at radius 1 is 1.25 bits per heavy atom. The Morgan fingerprint density at radius 2 is 1.90 bits per heavy atom.